The molecule has 1 aliphatic rings. The molecule has 1 amide bonds. The lowest BCUT2D eigenvalue weighted by atomic mass is 9.99. The fraction of sp³-hybridized carbons (Fsp3) is 0.643. The van der Waals surface area contributed by atoms with Crippen LogP contribution in [0.2, 0.25) is 0 Å². The van der Waals surface area contributed by atoms with E-state index in [0.717, 1.165) is 37.0 Å². The zero-order valence-corrected chi connectivity index (χ0v) is 11.9. The third-order valence-electron chi connectivity index (χ3n) is 3.81. The van der Waals surface area contributed by atoms with Crippen molar-refractivity contribution >= 4 is 17.2 Å². The van der Waals surface area contributed by atoms with Gasteiger partial charge in [-0.3, -0.25) is 4.79 Å². The van der Waals surface area contributed by atoms with E-state index in [4.69, 9.17) is 0 Å². The first-order valence-corrected chi connectivity index (χ1v) is 7.44. The fourth-order valence-electron chi connectivity index (χ4n) is 2.66. The van der Waals surface area contributed by atoms with Crippen molar-refractivity contribution in [2.24, 2.45) is 0 Å². The van der Waals surface area contributed by atoms with Crippen LogP contribution in [0.3, 0.4) is 0 Å². The number of nitrogens with one attached hydrogen (secondary N) is 1. The molecular weight excluding hydrogens is 246 g/mol. The van der Waals surface area contributed by atoms with Gasteiger partial charge in [0.15, 0.2) is 0 Å². The van der Waals surface area contributed by atoms with E-state index < -0.39 is 0 Å². The van der Waals surface area contributed by atoms with E-state index in [9.17, 15) is 9.90 Å². The second-order valence-corrected chi connectivity index (χ2v) is 6.31. The molecule has 3 nitrogen and oxygen atoms in total. The van der Waals surface area contributed by atoms with Crippen molar-refractivity contribution < 1.29 is 9.90 Å². The van der Waals surface area contributed by atoms with Crippen molar-refractivity contribution in [3.63, 3.8) is 0 Å². The lowest BCUT2D eigenvalue weighted by Crippen LogP contribution is -2.49. The first-order valence-electron chi connectivity index (χ1n) is 6.63. The van der Waals surface area contributed by atoms with Gasteiger partial charge < -0.3 is 10.4 Å². The number of aryl methyl sites for hydroxylation is 2. The number of carbonyl (C=O) groups excluding carboxylic acids is 1. The molecule has 0 aliphatic heterocycles. The summed E-state index contributed by atoms with van der Waals surface area (Å²) in [5, 5.41) is 12.6. The van der Waals surface area contributed by atoms with Crippen molar-refractivity contribution in [3.8, 4) is 0 Å². The normalized spacial score (nSPS) is 17.9. The number of hydrogen-bond donors (Lipinski definition) is 2. The number of carbonyl (C=O) groups is 1. The molecule has 1 aromatic rings. The Bertz CT molecular complexity index is 433. The molecule has 1 fully saturated rings. The highest BCUT2D eigenvalue weighted by atomic mass is 32.1. The third kappa shape index (κ3) is 2.59. The van der Waals surface area contributed by atoms with Gasteiger partial charge in [0.1, 0.15) is 0 Å². The molecule has 0 spiro atoms. The van der Waals surface area contributed by atoms with E-state index in [0.29, 0.717) is 0 Å². The van der Waals surface area contributed by atoms with Gasteiger partial charge in [-0.25, -0.2) is 0 Å². The standard InChI is InChI=1S/C14H21NO2S/c1-3-11-10(2)8-12(18-11)13(17)15-14(9-16)6-4-5-7-14/h8,16H,3-7,9H2,1-2H3,(H,15,17). The zero-order valence-electron chi connectivity index (χ0n) is 11.1. The summed E-state index contributed by atoms with van der Waals surface area (Å²) < 4.78 is 0. The van der Waals surface area contributed by atoms with E-state index >= 15 is 0 Å². The summed E-state index contributed by atoms with van der Waals surface area (Å²) in [4.78, 5) is 14.3. The molecule has 0 aromatic carbocycles. The monoisotopic (exact) mass is 267 g/mol. The van der Waals surface area contributed by atoms with Crippen LogP contribution in [-0.2, 0) is 6.42 Å². The van der Waals surface area contributed by atoms with Crippen molar-refractivity contribution in [1.29, 1.82) is 0 Å². The molecule has 1 aliphatic carbocycles. The van der Waals surface area contributed by atoms with Crippen molar-refractivity contribution in [2.75, 3.05) is 6.61 Å². The van der Waals surface area contributed by atoms with E-state index in [-0.39, 0.29) is 18.1 Å². The molecule has 0 unspecified atom stereocenters. The Morgan fingerprint density at radius 1 is 1.50 bits per heavy atom. The van der Waals surface area contributed by atoms with Crippen LogP contribution in [0, 0.1) is 6.92 Å². The number of thiophene rings is 1. The maximum atomic E-state index is 12.2. The van der Waals surface area contributed by atoms with Gasteiger partial charge in [0.05, 0.1) is 17.0 Å². The Morgan fingerprint density at radius 2 is 2.17 bits per heavy atom. The zero-order chi connectivity index (χ0) is 13.2. The number of amides is 1. The molecule has 0 atom stereocenters. The minimum atomic E-state index is -0.374. The predicted octanol–water partition coefficient (Wildman–Crippen LogP) is 2.65. The average molecular weight is 267 g/mol. The van der Waals surface area contributed by atoms with Gasteiger partial charge in [-0.2, -0.15) is 0 Å². The van der Waals surface area contributed by atoms with E-state index in [2.05, 4.69) is 12.2 Å². The number of hydrogen-bond acceptors (Lipinski definition) is 3. The smallest absolute Gasteiger partial charge is 0.261 e. The summed E-state index contributed by atoms with van der Waals surface area (Å²) in [6, 6.07) is 1.96. The van der Waals surface area contributed by atoms with Crippen molar-refractivity contribution in [3.05, 3.63) is 21.4 Å². The van der Waals surface area contributed by atoms with Crippen molar-refractivity contribution in [2.45, 2.75) is 51.5 Å². The van der Waals surface area contributed by atoms with Crippen LogP contribution in [0.1, 0.15) is 52.7 Å². The third-order valence-corrected chi connectivity index (χ3v) is 5.19. The van der Waals surface area contributed by atoms with Crippen LogP contribution in [0.15, 0.2) is 6.07 Å². The molecule has 1 heterocycles. The summed E-state index contributed by atoms with van der Waals surface area (Å²) in [6.45, 7) is 4.19. The van der Waals surface area contributed by atoms with Gasteiger partial charge in [0.25, 0.3) is 5.91 Å². The topological polar surface area (TPSA) is 49.3 Å². The second kappa shape index (κ2) is 5.41. The molecule has 4 heteroatoms. The Balaban J connectivity index is 2.11. The molecule has 2 rings (SSSR count). The molecule has 1 saturated carbocycles. The highest BCUT2D eigenvalue weighted by molar-refractivity contribution is 7.14. The molecule has 0 bridgehead atoms. The van der Waals surface area contributed by atoms with Gasteiger partial charge in [0.2, 0.25) is 0 Å². The van der Waals surface area contributed by atoms with E-state index in [1.165, 1.54) is 10.4 Å². The van der Waals surface area contributed by atoms with Crippen LogP contribution in [-0.4, -0.2) is 23.2 Å². The summed E-state index contributed by atoms with van der Waals surface area (Å²) >= 11 is 1.57. The van der Waals surface area contributed by atoms with Crippen LogP contribution >= 0.6 is 11.3 Å². The molecule has 18 heavy (non-hydrogen) atoms. The second-order valence-electron chi connectivity index (χ2n) is 5.17. The van der Waals surface area contributed by atoms with Gasteiger partial charge in [-0.05, 0) is 37.8 Å². The first kappa shape index (κ1) is 13.6. The minimum Gasteiger partial charge on any atom is -0.394 e. The van der Waals surface area contributed by atoms with E-state index in [1.54, 1.807) is 11.3 Å². The summed E-state index contributed by atoms with van der Waals surface area (Å²) in [6.07, 6.45) is 4.92. The molecule has 0 radical (unpaired) electrons. The number of aliphatic hydroxyl groups excluding tert-OH is 1. The van der Waals surface area contributed by atoms with Gasteiger partial charge in [0, 0.05) is 4.88 Å². The number of aliphatic hydroxyl groups is 1. The molecular formula is C14H21NO2S. The highest BCUT2D eigenvalue weighted by Crippen LogP contribution is 2.30. The van der Waals surface area contributed by atoms with Crippen LogP contribution in [0.4, 0.5) is 0 Å². The van der Waals surface area contributed by atoms with Gasteiger partial charge in [-0.1, -0.05) is 19.8 Å². The SMILES string of the molecule is CCc1sc(C(=O)NC2(CO)CCCC2)cc1C. The van der Waals surface area contributed by atoms with Crippen LogP contribution < -0.4 is 5.32 Å². The predicted molar refractivity (Wildman–Crippen MR) is 74.2 cm³/mol. The minimum absolute atomic E-state index is 0.0289. The summed E-state index contributed by atoms with van der Waals surface area (Å²) in [7, 11) is 0. The Hall–Kier alpha value is -0.870. The molecule has 2 N–H and O–H groups in total. The molecule has 0 saturated heterocycles. The lowest BCUT2D eigenvalue weighted by Gasteiger charge is -2.27. The molecule has 1 aromatic heterocycles. The van der Waals surface area contributed by atoms with Gasteiger partial charge >= 0.3 is 0 Å². The maximum Gasteiger partial charge on any atom is 0.261 e. The summed E-state index contributed by atoms with van der Waals surface area (Å²) in [5.74, 6) is -0.0289. The van der Waals surface area contributed by atoms with E-state index in [1.807, 2.05) is 13.0 Å². The van der Waals surface area contributed by atoms with Crippen LogP contribution in [0.5, 0.6) is 0 Å². The maximum absolute atomic E-state index is 12.2. The van der Waals surface area contributed by atoms with Crippen LogP contribution in [0.25, 0.3) is 0 Å². The Kier molecular flexibility index (Phi) is 4.07. The lowest BCUT2D eigenvalue weighted by molar-refractivity contribution is 0.0842. The first-order chi connectivity index (χ1) is 8.60. The molecule has 100 valence electrons. The van der Waals surface area contributed by atoms with Gasteiger partial charge in [-0.15, -0.1) is 11.3 Å². The quantitative estimate of drug-likeness (QED) is 0.881. The summed E-state index contributed by atoms with van der Waals surface area (Å²) in [5.41, 5.74) is 0.818. The largest absolute Gasteiger partial charge is 0.394 e. The Morgan fingerprint density at radius 3 is 2.67 bits per heavy atom. The fourth-order valence-corrected chi connectivity index (χ4v) is 3.67. The highest BCUT2D eigenvalue weighted by Gasteiger charge is 2.35. The van der Waals surface area contributed by atoms with Crippen molar-refractivity contribution in [1.82, 2.24) is 5.32 Å². The Labute approximate surface area is 112 Å². The average Bonchev–Trinajstić information content (AvgIpc) is 2.96. The number of rotatable bonds is 4.